The van der Waals surface area contributed by atoms with Crippen molar-refractivity contribution in [3.8, 4) is 0 Å². The van der Waals surface area contributed by atoms with Gasteiger partial charge in [0, 0.05) is 0 Å². The lowest BCUT2D eigenvalue weighted by atomic mass is 9.81. The van der Waals surface area contributed by atoms with Crippen LogP contribution in [-0.4, -0.2) is 11.7 Å². The van der Waals surface area contributed by atoms with Crippen molar-refractivity contribution in [2.75, 3.05) is 6.61 Å². The van der Waals surface area contributed by atoms with Crippen molar-refractivity contribution in [3.63, 3.8) is 0 Å². The summed E-state index contributed by atoms with van der Waals surface area (Å²) in [6, 6.07) is 0. The molecule has 0 aliphatic carbocycles. The van der Waals surface area contributed by atoms with Crippen molar-refractivity contribution in [3.05, 3.63) is 10.1 Å². The zero-order valence-electron chi connectivity index (χ0n) is 8.00. The molecule has 0 spiro atoms. The van der Waals surface area contributed by atoms with E-state index >= 15 is 0 Å². The normalized spacial score (nSPS) is 11.2. The van der Waals surface area contributed by atoms with Crippen LogP contribution in [0, 0.1) is 15.5 Å². The fraction of sp³-hybridized carbons (Fsp3) is 1.00. The molecule has 0 aromatic heterocycles. The van der Waals surface area contributed by atoms with Crippen LogP contribution in [0.5, 0.6) is 0 Å². The number of nitrogens with zero attached hydrogens (tertiary/aromatic N) is 1. The van der Waals surface area contributed by atoms with Crippen LogP contribution in [0.15, 0.2) is 0 Å². The highest BCUT2D eigenvalue weighted by molar-refractivity contribution is 4.73. The van der Waals surface area contributed by atoms with Crippen molar-refractivity contribution in [1.29, 1.82) is 0 Å². The van der Waals surface area contributed by atoms with Gasteiger partial charge in [-0.2, -0.15) is 0 Å². The number of hydrogen-bond donors (Lipinski definition) is 0. The first-order chi connectivity index (χ1) is 5.60. The molecule has 0 N–H and O–H groups in total. The third kappa shape index (κ3) is 3.07. The Morgan fingerprint density at radius 1 is 1.25 bits per heavy atom. The molecule has 0 heterocycles. The molecule has 0 aliphatic rings. The zero-order chi connectivity index (χ0) is 9.61. The SMILES string of the molecule is CCC(CC)(CC)CO[N+](=O)[O-]. The predicted octanol–water partition coefficient (Wildman–Crippen LogP) is 2.41. The summed E-state index contributed by atoms with van der Waals surface area (Å²) in [6.45, 7) is 6.34. The van der Waals surface area contributed by atoms with Gasteiger partial charge in [0.15, 0.2) is 0 Å². The first-order valence-electron chi connectivity index (χ1n) is 4.37. The van der Waals surface area contributed by atoms with Crippen LogP contribution < -0.4 is 0 Å². The van der Waals surface area contributed by atoms with E-state index in [4.69, 9.17) is 0 Å². The molecule has 0 saturated heterocycles. The molecule has 0 fully saturated rings. The first kappa shape index (κ1) is 11.2. The molecule has 0 saturated carbocycles. The Morgan fingerprint density at radius 2 is 1.67 bits per heavy atom. The maximum Gasteiger partial charge on any atom is 0.294 e. The Hall–Kier alpha value is -0.800. The Kier molecular flexibility index (Phi) is 4.62. The largest absolute Gasteiger partial charge is 0.313 e. The predicted molar refractivity (Wildman–Crippen MR) is 46.3 cm³/mol. The lowest BCUT2D eigenvalue weighted by molar-refractivity contribution is -0.761. The fourth-order valence-corrected chi connectivity index (χ4v) is 1.25. The lowest BCUT2D eigenvalue weighted by Crippen LogP contribution is -2.26. The van der Waals surface area contributed by atoms with E-state index < -0.39 is 5.09 Å². The van der Waals surface area contributed by atoms with E-state index in [2.05, 4.69) is 4.84 Å². The van der Waals surface area contributed by atoms with E-state index in [1.54, 1.807) is 0 Å². The second-order valence-electron chi connectivity index (χ2n) is 3.06. The Balaban J connectivity index is 4.01. The van der Waals surface area contributed by atoms with Crippen molar-refractivity contribution in [1.82, 2.24) is 0 Å². The minimum Gasteiger partial charge on any atom is -0.313 e. The first-order valence-corrected chi connectivity index (χ1v) is 4.37. The second-order valence-corrected chi connectivity index (χ2v) is 3.06. The van der Waals surface area contributed by atoms with E-state index in [1.165, 1.54) is 0 Å². The Morgan fingerprint density at radius 3 is 1.92 bits per heavy atom. The van der Waals surface area contributed by atoms with Gasteiger partial charge >= 0.3 is 0 Å². The Labute approximate surface area is 73.0 Å². The van der Waals surface area contributed by atoms with E-state index in [9.17, 15) is 10.1 Å². The van der Waals surface area contributed by atoms with Crippen LogP contribution in [0.3, 0.4) is 0 Å². The van der Waals surface area contributed by atoms with Crippen molar-refractivity contribution >= 4 is 0 Å². The van der Waals surface area contributed by atoms with Gasteiger partial charge in [0.05, 0.1) is 0 Å². The molecule has 0 bridgehead atoms. The van der Waals surface area contributed by atoms with E-state index in [0.717, 1.165) is 19.3 Å². The third-order valence-electron chi connectivity index (χ3n) is 2.73. The maximum absolute atomic E-state index is 9.98. The summed E-state index contributed by atoms with van der Waals surface area (Å²) in [5, 5.41) is 9.26. The molecule has 0 rings (SSSR count). The maximum atomic E-state index is 9.98. The summed E-state index contributed by atoms with van der Waals surface area (Å²) in [5.41, 5.74) is -0.00687. The van der Waals surface area contributed by atoms with Crippen LogP contribution >= 0.6 is 0 Å². The summed E-state index contributed by atoms with van der Waals surface area (Å²) in [7, 11) is 0. The molecule has 4 nitrogen and oxygen atoms in total. The van der Waals surface area contributed by atoms with Gasteiger partial charge in [-0.25, -0.2) is 0 Å². The lowest BCUT2D eigenvalue weighted by Gasteiger charge is -2.28. The summed E-state index contributed by atoms with van der Waals surface area (Å²) < 4.78 is 0. The molecule has 4 heteroatoms. The average Bonchev–Trinajstić information content (AvgIpc) is 2.08. The van der Waals surface area contributed by atoms with Gasteiger partial charge in [-0.3, -0.25) is 0 Å². The second kappa shape index (κ2) is 4.95. The van der Waals surface area contributed by atoms with Gasteiger partial charge in [0.25, 0.3) is 5.09 Å². The summed E-state index contributed by atoms with van der Waals surface area (Å²) >= 11 is 0. The van der Waals surface area contributed by atoms with E-state index in [-0.39, 0.29) is 12.0 Å². The number of hydrogen-bond acceptors (Lipinski definition) is 3. The molecule has 72 valence electrons. The van der Waals surface area contributed by atoms with Gasteiger partial charge in [-0.1, -0.05) is 20.8 Å². The van der Waals surface area contributed by atoms with Crippen LogP contribution in [0.25, 0.3) is 0 Å². The number of rotatable bonds is 6. The molecule has 0 aromatic rings. The fourth-order valence-electron chi connectivity index (χ4n) is 1.25. The van der Waals surface area contributed by atoms with Gasteiger partial charge in [-0.15, -0.1) is 10.1 Å². The average molecular weight is 175 g/mol. The molecule has 0 aliphatic heterocycles. The van der Waals surface area contributed by atoms with Crippen molar-refractivity contribution in [2.24, 2.45) is 5.41 Å². The molecule has 0 atom stereocenters. The molecule has 12 heavy (non-hydrogen) atoms. The quantitative estimate of drug-likeness (QED) is 0.460. The minimum atomic E-state index is -0.713. The van der Waals surface area contributed by atoms with Crippen LogP contribution in [-0.2, 0) is 4.84 Å². The van der Waals surface area contributed by atoms with E-state index in [0.29, 0.717) is 0 Å². The molecule has 0 aromatic carbocycles. The summed E-state index contributed by atoms with van der Waals surface area (Å²) in [6.07, 6.45) is 2.77. The van der Waals surface area contributed by atoms with Gasteiger partial charge in [0.2, 0.25) is 0 Å². The standard InChI is InChI=1S/C8H17NO3/c1-4-8(5-2,6-3)7-12-9(10)11/h4-7H2,1-3H3. The van der Waals surface area contributed by atoms with Crippen molar-refractivity contribution in [2.45, 2.75) is 40.0 Å². The summed E-state index contributed by atoms with van der Waals surface area (Å²) in [5.74, 6) is 0. The van der Waals surface area contributed by atoms with Crippen LogP contribution in [0.2, 0.25) is 0 Å². The highest BCUT2D eigenvalue weighted by atomic mass is 16.9. The van der Waals surface area contributed by atoms with Crippen LogP contribution in [0.1, 0.15) is 40.0 Å². The summed E-state index contributed by atoms with van der Waals surface area (Å²) in [4.78, 5) is 14.4. The highest BCUT2D eigenvalue weighted by Crippen LogP contribution is 2.30. The minimum absolute atomic E-state index is 0.00687. The smallest absolute Gasteiger partial charge is 0.294 e. The molecule has 0 radical (unpaired) electrons. The third-order valence-corrected chi connectivity index (χ3v) is 2.73. The topological polar surface area (TPSA) is 52.4 Å². The van der Waals surface area contributed by atoms with Gasteiger partial charge in [0.1, 0.15) is 6.61 Å². The van der Waals surface area contributed by atoms with Gasteiger partial charge in [-0.05, 0) is 24.7 Å². The monoisotopic (exact) mass is 175 g/mol. The molecule has 0 amide bonds. The van der Waals surface area contributed by atoms with Crippen LogP contribution in [0.4, 0.5) is 0 Å². The molecule has 0 unspecified atom stereocenters. The zero-order valence-corrected chi connectivity index (χ0v) is 8.00. The van der Waals surface area contributed by atoms with E-state index in [1.807, 2.05) is 20.8 Å². The molecular weight excluding hydrogens is 158 g/mol. The van der Waals surface area contributed by atoms with Gasteiger partial charge < -0.3 is 4.84 Å². The molecular formula is C8H17NO3. The van der Waals surface area contributed by atoms with Crippen molar-refractivity contribution < 1.29 is 9.92 Å². The Bertz CT molecular complexity index is 135. The highest BCUT2D eigenvalue weighted by Gasteiger charge is 2.25.